The third kappa shape index (κ3) is 4.88. The van der Waals surface area contributed by atoms with Gasteiger partial charge in [-0.2, -0.15) is 0 Å². The van der Waals surface area contributed by atoms with Crippen LogP contribution in [0, 0.1) is 15.0 Å². The SMILES string of the molecule is CC(C)(C)OC(=O)N1CCn2c(C#C[Si](C)(C)C)cc3cc(I)cc(c32)C1. The summed E-state index contributed by atoms with van der Waals surface area (Å²) in [7, 11) is -1.46. The molecule has 0 saturated carbocycles. The van der Waals surface area contributed by atoms with Crippen molar-refractivity contribution in [2.45, 2.75) is 59.1 Å². The zero-order valence-corrected chi connectivity index (χ0v) is 20.1. The van der Waals surface area contributed by atoms with Gasteiger partial charge in [-0.25, -0.2) is 4.79 Å². The maximum absolute atomic E-state index is 12.7. The number of aromatic nitrogens is 1. The Kier molecular flexibility index (Phi) is 5.39. The summed E-state index contributed by atoms with van der Waals surface area (Å²) in [6.07, 6.45) is -0.255. The fourth-order valence-corrected chi connectivity index (χ4v) is 4.37. The maximum atomic E-state index is 12.7. The second-order valence-corrected chi connectivity index (χ2v) is 15.1. The molecule has 1 aromatic heterocycles. The highest BCUT2D eigenvalue weighted by atomic mass is 127. The van der Waals surface area contributed by atoms with E-state index in [0.29, 0.717) is 13.1 Å². The van der Waals surface area contributed by atoms with Crippen LogP contribution in [-0.2, 0) is 17.8 Å². The van der Waals surface area contributed by atoms with Crippen molar-refractivity contribution in [3.8, 4) is 11.5 Å². The standard InChI is InChI=1S/C21H27IN2O2Si/c1-21(2,3)26-20(25)23-8-9-24-18(7-10-27(4,5)6)13-15-11-17(22)12-16(14-23)19(15)24/h11-13H,8-9,14H2,1-6H3. The fourth-order valence-electron chi connectivity index (χ4n) is 3.16. The number of benzene rings is 1. The van der Waals surface area contributed by atoms with Gasteiger partial charge in [0.15, 0.2) is 0 Å². The Morgan fingerprint density at radius 3 is 2.52 bits per heavy atom. The number of nitrogens with zero attached hydrogens (tertiary/aromatic N) is 2. The number of halogens is 1. The smallest absolute Gasteiger partial charge is 0.410 e. The Morgan fingerprint density at radius 1 is 1.19 bits per heavy atom. The van der Waals surface area contributed by atoms with Crippen LogP contribution in [0.25, 0.3) is 10.9 Å². The molecule has 1 aromatic carbocycles. The summed E-state index contributed by atoms with van der Waals surface area (Å²) in [5, 5.41) is 1.20. The molecule has 2 aromatic rings. The number of ether oxygens (including phenoxy) is 1. The van der Waals surface area contributed by atoms with E-state index in [1.54, 1.807) is 4.90 Å². The molecule has 1 aliphatic rings. The van der Waals surface area contributed by atoms with Crippen molar-refractivity contribution in [2.75, 3.05) is 6.54 Å². The molecule has 0 bridgehead atoms. The average Bonchev–Trinajstić information content (AvgIpc) is 2.71. The average molecular weight is 494 g/mol. The van der Waals surface area contributed by atoms with Crippen LogP contribution in [0.2, 0.25) is 19.6 Å². The first-order chi connectivity index (χ1) is 12.4. The van der Waals surface area contributed by atoms with Gasteiger partial charge in [-0.15, -0.1) is 5.54 Å². The van der Waals surface area contributed by atoms with Crippen LogP contribution >= 0.6 is 22.6 Å². The van der Waals surface area contributed by atoms with E-state index in [9.17, 15) is 4.79 Å². The van der Waals surface area contributed by atoms with Gasteiger partial charge < -0.3 is 14.2 Å². The molecule has 4 nitrogen and oxygen atoms in total. The molecule has 0 unspecified atom stereocenters. The Labute approximate surface area is 176 Å². The van der Waals surface area contributed by atoms with E-state index in [4.69, 9.17) is 4.74 Å². The van der Waals surface area contributed by atoms with E-state index < -0.39 is 13.7 Å². The number of hydrogen-bond donors (Lipinski definition) is 0. The van der Waals surface area contributed by atoms with Gasteiger partial charge in [0, 0.05) is 22.0 Å². The molecule has 0 N–H and O–H groups in total. The molecule has 2 heterocycles. The minimum Gasteiger partial charge on any atom is -0.444 e. The van der Waals surface area contributed by atoms with E-state index in [0.717, 1.165) is 17.8 Å². The molecule has 144 valence electrons. The monoisotopic (exact) mass is 494 g/mol. The molecule has 1 amide bonds. The first-order valence-electron chi connectivity index (χ1n) is 9.26. The zero-order chi connectivity index (χ0) is 20.0. The normalized spacial score (nSPS) is 14.6. The Bertz CT molecular complexity index is 955. The van der Waals surface area contributed by atoms with Gasteiger partial charge in [-0.1, -0.05) is 25.6 Å². The minimum atomic E-state index is -1.46. The molecule has 0 saturated heterocycles. The van der Waals surface area contributed by atoms with Crippen LogP contribution in [0.5, 0.6) is 0 Å². The number of hydrogen-bond acceptors (Lipinski definition) is 2. The largest absolute Gasteiger partial charge is 0.444 e. The number of amides is 1. The van der Waals surface area contributed by atoms with Crippen LogP contribution < -0.4 is 0 Å². The van der Waals surface area contributed by atoms with E-state index in [2.05, 4.69) is 76.5 Å². The first kappa shape index (κ1) is 20.3. The lowest BCUT2D eigenvalue weighted by atomic mass is 10.1. The van der Waals surface area contributed by atoms with Crippen LogP contribution in [0.15, 0.2) is 18.2 Å². The summed E-state index contributed by atoms with van der Waals surface area (Å²) < 4.78 is 9.06. The highest BCUT2D eigenvalue weighted by Crippen LogP contribution is 2.29. The molecular weight excluding hydrogens is 467 g/mol. The van der Waals surface area contributed by atoms with Crippen molar-refractivity contribution in [1.29, 1.82) is 0 Å². The summed E-state index contributed by atoms with van der Waals surface area (Å²) in [5.74, 6) is 3.42. The van der Waals surface area contributed by atoms with Crippen molar-refractivity contribution < 1.29 is 9.53 Å². The zero-order valence-electron chi connectivity index (χ0n) is 16.9. The maximum Gasteiger partial charge on any atom is 0.410 e. The summed E-state index contributed by atoms with van der Waals surface area (Å²) in [5.41, 5.74) is 6.38. The van der Waals surface area contributed by atoms with Crippen molar-refractivity contribution in [3.63, 3.8) is 0 Å². The van der Waals surface area contributed by atoms with Gasteiger partial charge in [0.25, 0.3) is 0 Å². The highest BCUT2D eigenvalue weighted by Gasteiger charge is 2.26. The molecular formula is C21H27IN2O2Si. The van der Waals surface area contributed by atoms with Crippen LogP contribution in [0.1, 0.15) is 32.0 Å². The van der Waals surface area contributed by atoms with Crippen LogP contribution in [0.3, 0.4) is 0 Å². The highest BCUT2D eigenvalue weighted by molar-refractivity contribution is 14.1. The van der Waals surface area contributed by atoms with Gasteiger partial charge in [0.2, 0.25) is 0 Å². The van der Waals surface area contributed by atoms with Crippen molar-refractivity contribution in [3.05, 3.63) is 33.0 Å². The summed E-state index contributed by atoms with van der Waals surface area (Å²) in [6.45, 7) is 14.4. The Morgan fingerprint density at radius 2 is 1.89 bits per heavy atom. The van der Waals surface area contributed by atoms with Gasteiger partial charge in [0.1, 0.15) is 13.7 Å². The molecule has 0 spiro atoms. The van der Waals surface area contributed by atoms with E-state index in [1.807, 2.05) is 20.8 Å². The lowest BCUT2D eigenvalue weighted by Gasteiger charge is -2.26. The molecule has 6 heteroatoms. The summed E-state index contributed by atoms with van der Waals surface area (Å²) >= 11 is 2.34. The summed E-state index contributed by atoms with van der Waals surface area (Å²) in [4.78, 5) is 14.5. The Balaban J connectivity index is 2.04. The first-order valence-corrected chi connectivity index (χ1v) is 13.8. The Hall–Kier alpha value is -1.46. The molecule has 0 radical (unpaired) electrons. The second-order valence-electron chi connectivity index (χ2n) is 9.09. The fraction of sp³-hybridized carbons (Fsp3) is 0.476. The van der Waals surface area contributed by atoms with Crippen molar-refractivity contribution >= 4 is 47.7 Å². The predicted octanol–water partition coefficient (Wildman–Crippen LogP) is 5.23. The van der Waals surface area contributed by atoms with E-state index in [-0.39, 0.29) is 6.09 Å². The van der Waals surface area contributed by atoms with Crippen LogP contribution in [-0.4, -0.2) is 35.8 Å². The molecule has 1 aliphatic heterocycles. The molecule has 3 rings (SSSR count). The van der Waals surface area contributed by atoms with Gasteiger partial charge in [-0.05, 0) is 67.1 Å². The number of carbonyl (C=O) groups excluding carboxylic acids is 1. The van der Waals surface area contributed by atoms with E-state index in [1.165, 1.54) is 14.5 Å². The lowest BCUT2D eigenvalue weighted by molar-refractivity contribution is 0.0232. The number of carbonyl (C=O) groups is 1. The quantitative estimate of drug-likeness (QED) is 0.286. The molecule has 0 aliphatic carbocycles. The number of rotatable bonds is 0. The van der Waals surface area contributed by atoms with Crippen molar-refractivity contribution in [2.24, 2.45) is 0 Å². The van der Waals surface area contributed by atoms with Crippen LogP contribution in [0.4, 0.5) is 4.79 Å². The molecule has 27 heavy (non-hydrogen) atoms. The second kappa shape index (κ2) is 7.17. The molecule has 0 fully saturated rings. The van der Waals surface area contributed by atoms with Gasteiger partial charge in [-0.3, -0.25) is 0 Å². The third-order valence-corrected chi connectivity index (χ3v) is 5.71. The van der Waals surface area contributed by atoms with E-state index >= 15 is 0 Å². The van der Waals surface area contributed by atoms with Gasteiger partial charge >= 0.3 is 6.09 Å². The third-order valence-electron chi connectivity index (χ3n) is 4.21. The lowest BCUT2D eigenvalue weighted by Crippen LogP contribution is -2.37. The topological polar surface area (TPSA) is 34.5 Å². The summed E-state index contributed by atoms with van der Waals surface area (Å²) in [6, 6.07) is 6.55. The predicted molar refractivity (Wildman–Crippen MR) is 122 cm³/mol. The molecule has 0 atom stereocenters. The van der Waals surface area contributed by atoms with Gasteiger partial charge in [0.05, 0.1) is 17.8 Å². The van der Waals surface area contributed by atoms with Crippen molar-refractivity contribution in [1.82, 2.24) is 9.47 Å². The minimum absolute atomic E-state index is 0.255.